The van der Waals surface area contributed by atoms with E-state index >= 15 is 0 Å². The summed E-state index contributed by atoms with van der Waals surface area (Å²) in [5.74, 6) is 0.0540. The van der Waals surface area contributed by atoms with Crippen molar-refractivity contribution in [1.82, 2.24) is 0 Å². The van der Waals surface area contributed by atoms with Gasteiger partial charge in [-0.05, 0) is 31.5 Å². The summed E-state index contributed by atoms with van der Waals surface area (Å²) in [4.78, 5) is 11.2. The smallest absolute Gasteiger partial charge is 0.190 e. The molecule has 120 valence electrons. The molecular formula is C16H20O6. The average Bonchev–Trinajstić information content (AvgIpc) is 2.97. The van der Waals surface area contributed by atoms with E-state index < -0.39 is 30.4 Å². The second kappa shape index (κ2) is 5.96. The molecule has 6 nitrogen and oxygen atoms in total. The third-order valence-corrected chi connectivity index (χ3v) is 3.76. The minimum absolute atomic E-state index is 0.357. The van der Waals surface area contributed by atoms with Crippen LogP contribution in [-0.2, 0) is 30.3 Å². The molecule has 0 radical (unpaired) electrons. The van der Waals surface area contributed by atoms with Crippen LogP contribution in [-0.4, -0.2) is 43.8 Å². The number of ether oxygens (including phenoxy) is 5. The van der Waals surface area contributed by atoms with E-state index in [0.717, 1.165) is 17.6 Å². The highest BCUT2D eigenvalue weighted by Gasteiger charge is 2.55. The molecule has 0 bridgehead atoms. The highest BCUT2D eigenvalue weighted by molar-refractivity contribution is 5.58. The van der Waals surface area contributed by atoms with Gasteiger partial charge in [0.2, 0.25) is 0 Å². The summed E-state index contributed by atoms with van der Waals surface area (Å²) in [6.07, 6.45) is -1.39. The molecule has 0 unspecified atom stereocenters. The van der Waals surface area contributed by atoms with Gasteiger partial charge in [-0.2, -0.15) is 0 Å². The molecule has 2 fully saturated rings. The Balaban J connectivity index is 1.65. The van der Waals surface area contributed by atoms with Gasteiger partial charge in [0.05, 0.1) is 13.7 Å². The molecule has 2 aliphatic heterocycles. The predicted octanol–water partition coefficient (Wildman–Crippen LogP) is 1.66. The summed E-state index contributed by atoms with van der Waals surface area (Å²) >= 11 is 0. The molecule has 0 N–H and O–H groups in total. The van der Waals surface area contributed by atoms with Gasteiger partial charge in [-0.3, -0.25) is 0 Å². The largest absolute Gasteiger partial charge is 0.497 e. The van der Waals surface area contributed by atoms with E-state index in [9.17, 15) is 4.79 Å². The van der Waals surface area contributed by atoms with Crippen LogP contribution in [0.25, 0.3) is 0 Å². The molecule has 2 aliphatic rings. The van der Waals surface area contributed by atoms with Crippen molar-refractivity contribution in [3.05, 3.63) is 29.8 Å². The fourth-order valence-corrected chi connectivity index (χ4v) is 2.72. The fraction of sp³-hybridized carbons (Fsp3) is 0.562. The van der Waals surface area contributed by atoms with E-state index in [4.69, 9.17) is 23.7 Å². The van der Waals surface area contributed by atoms with Crippen LogP contribution in [0.15, 0.2) is 24.3 Å². The first-order valence-electron chi connectivity index (χ1n) is 7.23. The van der Waals surface area contributed by atoms with E-state index in [2.05, 4.69) is 0 Å². The van der Waals surface area contributed by atoms with E-state index in [-0.39, 0.29) is 0 Å². The molecule has 0 amide bonds. The van der Waals surface area contributed by atoms with Crippen molar-refractivity contribution < 1.29 is 28.5 Å². The lowest BCUT2D eigenvalue weighted by atomic mass is 10.1. The Hall–Kier alpha value is -1.47. The lowest BCUT2D eigenvalue weighted by Crippen LogP contribution is -2.37. The molecule has 0 aliphatic carbocycles. The van der Waals surface area contributed by atoms with Gasteiger partial charge in [0.25, 0.3) is 0 Å². The van der Waals surface area contributed by atoms with Crippen molar-refractivity contribution >= 4 is 6.29 Å². The van der Waals surface area contributed by atoms with Crippen molar-refractivity contribution in [2.45, 2.75) is 50.8 Å². The van der Waals surface area contributed by atoms with E-state index in [0.29, 0.717) is 6.61 Å². The van der Waals surface area contributed by atoms with E-state index in [1.54, 1.807) is 7.11 Å². The summed E-state index contributed by atoms with van der Waals surface area (Å²) in [5.41, 5.74) is 0.979. The second-order valence-corrected chi connectivity index (χ2v) is 5.83. The summed E-state index contributed by atoms with van der Waals surface area (Å²) in [6, 6.07) is 7.56. The Kier molecular flexibility index (Phi) is 4.18. The number of methoxy groups -OCH3 is 1. The maximum Gasteiger partial charge on any atom is 0.190 e. The van der Waals surface area contributed by atoms with Gasteiger partial charge in [-0.1, -0.05) is 12.1 Å². The van der Waals surface area contributed by atoms with Crippen LogP contribution < -0.4 is 4.74 Å². The molecule has 6 heteroatoms. The molecular weight excluding hydrogens is 288 g/mol. The number of benzene rings is 1. The Morgan fingerprint density at radius 1 is 1.23 bits per heavy atom. The summed E-state index contributed by atoms with van der Waals surface area (Å²) in [6.45, 7) is 3.98. The SMILES string of the molecule is COc1ccc(CO[C@@H]2[C@H]3OC(C)(C)O[C@H]3O[C@@H]2C=O)cc1. The van der Waals surface area contributed by atoms with Crippen molar-refractivity contribution in [2.24, 2.45) is 0 Å². The van der Waals surface area contributed by atoms with Crippen molar-refractivity contribution in [3.63, 3.8) is 0 Å². The standard InChI is InChI=1S/C16H20O6/c1-16(2)21-14-13(12(8-17)20-15(14)22-16)19-9-10-4-6-11(18-3)7-5-10/h4-8,12-15H,9H2,1-3H3/t12-,13+,14-,15-/m1/s1. The van der Waals surface area contributed by atoms with Gasteiger partial charge < -0.3 is 28.5 Å². The van der Waals surface area contributed by atoms with Crippen LogP contribution in [0, 0.1) is 0 Å². The fourth-order valence-electron chi connectivity index (χ4n) is 2.72. The van der Waals surface area contributed by atoms with Crippen molar-refractivity contribution in [3.8, 4) is 5.75 Å². The topological polar surface area (TPSA) is 63.2 Å². The van der Waals surface area contributed by atoms with Gasteiger partial charge in [0.1, 0.15) is 24.1 Å². The normalized spacial score (nSPS) is 32.7. The first-order valence-corrected chi connectivity index (χ1v) is 7.23. The van der Waals surface area contributed by atoms with E-state index in [1.165, 1.54) is 0 Å². The highest BCUT2D eigenvalue weighted by atomic mass is 16.8. The molecule has 0 saturated carbocycles. The van der Waals surface area contributed by atoms with Crippen LogP contribution in [0.2, 0.25) is 0 Å². The molecule has 3 rings (SSSR count). The summed E-state index contributed by atoms with van der Waals surface area (Å²) < 4.78 is 27.9. The lowest BCUT2D eigenvalue weighted by Gasteiger charge is -2.23. The zero-order valence-corrected chi connectivity index (χ0v) is 12.9. The molecule has 0 spiro atoms. The maximum atomic E-state index is 11.2. The maximum absolute atomic E-state index is 11.2. The Labute approximate surface area is 129 Å². The molecule has 22 heavy (non-hydrogen) atoms. The number of aldehydes is 1. The molecule has 4 atom stereocenters. The quantitative estimate of drug-likeness (QED) is 0.771. The third kappa shape index (κ3) is 3.01. The van der Waals surface area contributed by atoms with Gasteiger partial charge in [0.15, 0.2) is 18.4 Å². The molecule has 1 aromatic rings. The Morgan fingerprint density at radius 2 is 1.95 bits per heavy atom. The first kappa shape index (κ1) is 15.4. The third-order valence-electron chi connectivity index (χ3n) is 3.76. The van der Waals surface area contributed by atoms with Crippen LogP contribution in [0.1, 0.15) is 19.4 Å². The molecule has 1 aromatic carbocycles. The number of hydrogen-bond acceptors (Lipinski definition) is 6. The number of rotatable bonds is 5. The van der Waals surface area contributed by atoms with Gasteiger partial charge >= 0.3 is 0 Å². The molecule has 2 heterocycles. The number of hydrogen-bond donors (Lipinski definition) is 0. The van der Waals surface area contributed by atoms with Crippen LogP contribution in [0.5, 0.6) is 5.75 Å². The number of carbonyl (C=O) groups is 1. The van der Waals surface area contributed by atoms with Gasteiger partial charge in [-0.15, -0.1) is 0 Å². The molecule has 2 saturated heterocycles. The number of carbonyl (C=O) groups excluding carboxylic acids is 1. The average molecular weight is 308 g/mol. The second-order valence-electron chi connectivity index (χ2n) is 5.83. The molecule has 0 aromatic heterocycles. The predicted molar refractivity (Wildman–Crippen MR) is 76.3 cm³/mol. The van der Waals surface area contributed by atoms with Crippen molar-refractivity contribution in [2.75, 3.05) is 7.11 Å². The summed E-state index contributed by atoms with van der Waals surface area (Å²) in [5, 5.41) is 0. The van der Waals surface area contributed by atoms with Gasteiger partial charge in [0, 0.05) is 0 Å². The van der Waals surface area contributed by atoms with E-state index in [1.807, 2.05) is 38.1 Å². The first-order chi connectivity index (χ1) is 10.5. The number of fused-ring (bicyclic) bond motifs is 1. The highest BCUT2D eigenvalue weighted by Crippen LogP contribution is 2.38. The van der Waals surface area contributed by atoms with Gasteiger partial charge in [-0.25, -0.2) is 0 Å². The zero-order valence-electron chi connectivity index (χ0n) is 12.9. The monoisotopic (exact) mass is 308 g/mol. The van der Waals surface area contributed by atoms with Crippen molar-refractivity contribution in [1.29, 1.82) is 0 Å². The minimum atomic E-state index is -0.731. The minimum Gasteiger partial charge on any atom is -0.497 e. The lowest BCUT2D eigenvalue weighted by molar-refractivity contribution is -0.216. The van der Waals surface area contributed by atoms with Crippen LogP contribution >= 0.6 is 0 Å². The Bertz CT molecular complexity index is 526. The zero-order chi connectivity index (χ0) is 15.7. The summed E-state index contributed by atoms with van der Waals surface area (Å²) in [7, 11) is 1.62. The van der Waals surface area contributed by atoms with Crippen LogP contribution in [0.3, 0.4) is 0 Å². The van der Waals surface area contributed by atoms with Crippen LogP contribution in [0.4, 0.5) is 0 Å². The Morgan fingerprint density at radius 3 is 2.59 bits per heavy atom.